The van der Waals surface area contributed by atoms with Crippen LogP contribution in [0.2, 0.25) is 0 Å². The standard InChI is InChI=1S/C15H17N3O3S2/c1-9(19)16-7-11-8-18(14(20)21-11)10-4-5-12-13(6-10)23-15(22-3)17(12)2/h4-6,11H,7-8H2,1-3H3/p+1/t11-/m0/s1. The van der Waals surface area contributed by atoms with Crippen molar-refractivity contribution in [2.45, 2.75) is 17.4 Å². The van der Waals surface area contributed by atoms with Gasteiger partial charge in [-0.3, -0.25) is 9.69 Å². The first kappa shape index (κ1) is 16.1. The molecule has 2 aromatic rings. The molecule has 0 saturated carbocycles. The molecule has 6 nitrogen and oxygen atoms in total. The van der Waals surface area contributed by atoms with Crippen LogP contribution in [0.1, 0.15) is 6.92 Å². The molecule has 1 atom stereocenters. The number of fused-ring (bicyclic) bond motifs is 1. The molecule has 1 aromatic heterocycles. The molecule has 2 amide bonds. The van der Waals surface area contributed by atoms with E-state index in [1.54, 1.807) is 28.0 Å². The molecule has 0 bridgehead atoms. The van der Waals surface area contributed by atoms with Crippen LogP contribution in [0.25, 0.3) is 10.2 Å². The number of aryl methyl sites for hydroxylation is 1. The van der Waals surface area contributed by atoms with Gasteiger partial charge in [-0.25, -0.2) is 4.79 Å². The fraction of sp³-hybridized carbons (Fsp3) is 0.400. The molecular weight excluding hydrogens is 334 g/mol. The highest BCUT2D eigenvalue weighted by Gasteiger charge is 2.33. The summed E-state index contributed by atoms with van der Waals surface area (Å²) in [5, 5.41) is 2.68. The Morgan fingerprint density at radius 1 is 1.57 bits per heavy atom. The van der Waals surface area contributed by atoms with Crippen LogP contribution in [-0.2, 0) is 16.6 Å². The fourth-order valence-electron chi connectivity index (χ4n) is 2.57. The quantitative estimate of drug-likeness (QED) is 0.674. The van der Waals surface area contributed by atoms with Crippen molar-refractivity contribution >= 4 is 51.0 Å². The van der Waals surface area contributed by atoms with E-state index in [2.05, 4.69) is 16.1 Å². The minimum absolute atomic E-state index is 0.128. The van der Waals surface area contributed by atoms with Gasteiger partial charge in [0.05, 0.1) is 13.1 Å². The molecule has 0 aliphatic carbocycles. The van der Waals surface area contributed by atoms with E-state index < -0.39 is 0 Å². The molecule has 8 heteroatoms. The van der Waals surface area contributed by atoms with Crippen molar-refractivity contribution in [1.82, 2.24) is 5.32 Å². The number of benzene rings is 1. The lowest BCUT2D eigenvalue weighted by Crippen LogP contribution is -2.33. The van der Waals surface area contributed by atoms with Crippen molar-refractivity contribution in [3.05, 3.63) is 18.2 Å². The van der Waals surface area contributed by atoms with E-state index in [4.69, 9.17) is 4.74 Å². The van der Waals surface area contributed by atoms with Gasteiger partial charge in [0.1, 0.15) is 17.9 Å². The van der Waals surface area contributed by atoms with Gasteiger partial charge >= 0.3 is 6.09 Å². The maximum Gasteiger partial charge on any atom is 0.414 e. The Balaban J connectivity index is 1.82. The molecule has 122 valence electrons. The largest absolute Gasteiger partial charge is 0.442 e. The van der Waals surface area contributed by atoms with Gasteiger partial charge in [-0.1, -0.05) is 11.3 Å². The average molecular weight is 352 g/mol. The lowest BCUT2D eigenvalue weighted by Gasteiger charge is -2.12. The summed E-state index contributed by atoms with van der Waals surface area (Å²) in [5.41, 5.74) is 1.97. The van der Waals surface area contributed by atoms with Crippen molar-refractivity contribution in [2.75, 3.05) is 24.2 Å². The van der Waals surface area contributed by atoms with Gasteiger partial charge in [-0.2, -0.15) is 4.57 Å². The maximum atomic E-state index is 12.1. The van der Waals surface area contributed by atoms with Crippen molar-refractivity contribution in [3.8, 4) is 0 Å². The molecule has 1 aliphatic rings. The summed E-state index contributed by atoms with van der Waals surface area (Å²) in [6.45, 7) is 2.23. The number of nitrogens with one attached hydrogen (secondary N) is 1. The molecule has 1 aliphatic heterocycles. The first-order chi connectivity index (χ1) is 11.0. The SMILES string of the molecule is CSc1sc2cc(N3C[C@H](CNC(C)=O)OC3=O)ccc2[n+]1C. The predicted octanol–water partition coefficient (Wildman–Crippen LogP) is 1.91. The summed E-state index contributed by atoms with van der Waals surface area (Å²) >= 11 is 3.41. The second kappa shape index (κ2) is 6.37. The van der Waals surface area contributed by atoms with Gasteiger partial charge in [0.15, 0.2) is 0 Å². The molecule has 0 unspecified atom stereocenters. The zero-order chi connectivity index (χ0) is 16.6. The Bertz CT molecular complexity index is 775. The molecule has 1 N–H and O–H groups in total. The zero-order valence-electron chi connectivity index (χ0n) is 13.2. The third-order valence-electron chi connectivity index (χ3n) is 3.71. The van der Waals surface area contributed by atoms with Gasteiger partial charge in [-0.15, -0.1) is 0 Å². The van der Waals surface area contributed by atoms with Crippen molar-refractivity contribution < 1.29 is 18.9 Å². The molecule has 23 heavy (non-hydrogen) atoms. The molecule has 2 heterocycles. The topological polar surface area (TPSA) is 62.5 Å². The number of carbonyl (C=O) groups excluding carboxylic acids is 2. The molecule has 1 aromatic carbocycles. The number of anilines is 1. The normalized spacial score (nSPS) is 17.6. The number of ether oxygens (including phenoxy) is 1. The third-order valence-corrected chi connectivity index (χ3v) is 6.08. The van der Waals surface area contributed by atoms with E-state index in [1.165, 1.54) is 11.3 Å². The predicted molar refractivity (Wildman–Crippen MR) is 91.1 cm³/mol. The number of cyclic esters (lactones) is 1. The maximum absolute atomic E-state index is 12.1. The van der Waals surface area contributed by atoms with Crippen LogP contribution in [-0.4, -0.2) is 37.4 Å². The number of aromatic nitrogens is 1. The number of hydrogen-bond donors (Lipinski definition) is 1. The smallest absolute Gasteiger partial charge is 0.414 e. The second-order valence-electron chi connectivity index (χ2n) is 5.34. The van der Waals surface area contributed by atoms with E-state index in [1.807, 2.05) is 25.2 Å². The molecule has 3 rings (SSSR count). The average Bonchev–Trinajstić information content (AvgIpc) is 3.05. The summed E-state index contributed by atoms with van der Waals surface area (Å²) < 4.78 is 9.80. The van der Waals surface area contributed by atoms with Crippen LogP contribution < -0.4 is 14.8 Å². The van der Waals surface area contributed by atoms with E-state index in [9.17, 15) is 9.59 Å². The van der Waals surface area contributed by atoms with E-state index in [0.717, 1.165) is 15.9 Å². The van der Waals surface area contributed by atoms with Crippen molar-refractivity contribution in [3.63, 3.8) is 0 Å². The van der Waals surface area contributed by atoms with E-state index in [0.29, 0.717) is 13.1 Å². The van der Waals surface area contributed by atoms with Crippen LogP contribution in [0, 0.1) is 0 Å². The number of hydrogen-bond acceptors (Lipinski definition) is 5. The molecule has 1 fully saturated rings. The number of thiazole rings is 1. The van der Waals surface area contributed by atoms with Gasteiger partial charge in [0.2, 0.25) is 11.4 Å². The number of amides is 2. The first-order valence-corrected chi connectivity index (χ1v) is 9.23. The summed E-state index contributed by atoms with van der Waals surface area (Å²) in [4.78, 5) is 24.7. The highest BCUT2D eigenvalue weighted by Crippen LogP contribution is 2.31. The Labute approximate surface area is 142 Å². The zero-order valence-corrected chi connectivity index (χ0v) is 14.8. The van der Waals surface area contributed by atoms with E-state index in [-0.39, 0.29) is 18.1 Å². The van der Waals surface area contributed by atoms with Crippen LogP contribution in [0.15, 0.2) is 22.5 Å². The lowest BCUT2D eigenvalue weighted by molar-refractivity contribution is -0.676. The first-order valence-electron chi connectivity index (χ1n) is 7.18. The third kappa shape index (κ3) is 3.13. The van der Waals surface area contributed by atoms with Gasteiger partial charge in [-0.05, 0) is 30.2 Å². The summed E-state index contributed by atoms with van der Waals surface area (Å²) in [6.07, 6.45) is 1.37. The molecule has 1 saturated heterocycles. The molecule has 0 radical (unpaired) electrons. The van der Waals surface area contributed by atoms with Crippen LogP contribution in [0.5, 0.6) is 0 Å². The fourth-order valence-corrected chi connectivity index (χ4v) is 4.45. The highest BCUT2D eigenvalue weighted by atomic mass is 32.2. The lowest BCUT2D eigenvalue weighted by atomic mass is 10.2. The Morgan fingerprint density at radius 2 is 2.35 bits per heavy atom. The Kier molecular flexibility index (Phi) is 4.45. The van der Waals surface area contributed by atoms with Crippen molar-refractivity contribution in [2.24, 2.45) is 7.05 Å². The molecular formula is C15H18N3O3S2+. The minimum atomic E-state index is -0.370. The number of rotatable bonds is 4. The highest BCUT2D eigenvalue weighted by molar-refractivity contribution is 8.00. The van der Waals surface area contributed by atoms with Crippen LogP contribution >= 0.6 is 23.1 Å². The number of thioether (sulfide) groups is 1. The summed E-state index contributed by atoms with van der Waals surface area (Å²) in [7, 11) is 2.04. The Morgan fingerprint density at radius 3 is 3.04 bits per heavy atom. The van der Waals surface area contributed by atoms with Gasteiger partial charge in [0, 0.05) is 18.7 Å². The van der Waals surface area contributed by atoms with E-state index >= 15 is 0 Å². The van der Waals surface area contributed by atoms with Crippen LogP contribution in [0.3, 0.4) is 0 Å². The number of carbonyl (C=O) groups is 2. The number of nitrogens with zero attached hydrogens (tertiary/aromatic N) is 2. The monoisotopic (exact) mass is 352 g/mol. The van der Waals surface area contributed by atoms with Crippen LogP contribution in [0.4, 0.5) is 10.5 Å². The Hall–Kier alpha value is -1.80. The summed E-state index contributed by atoms with van der Waals surface area (Å²) in [6, 6.07) is 5.97. The van der Waals surface area contributed by atoms with Gasteiger partial charge in [0.25, 0.3) is 4.34 Å². The second-order valence-corrected chi connectivity index (χ2v) is 7.42. The summed E-state index contributed by atoms with van der Waals surface area (Å²) in [5.74, 6) is -0.128. The van der Waals surface area contributed by atoms with Gasteiger partial charge < -0.3 is 10.1 Å². The minimum Gasteiger partial charge on any atom is -0.442 e. The van der Waals surface area contributed by atoms with Crippen molar-refractivity contribution in [1.29, 1.82) is 0 Å². The molecule has 0 spiro atoms.